The average molecular weight is 438 g/mol. The Morgan fingerprint density at radius 3 is 2.22 bits per heavy atom. The number of hydrogen-bond donors (Lipinski definition) is 2. The molecule has 1 amide bonds. The molecular formula is C17H35IN4O. The zero-order valence-corrected chi connectivity index (χ0v) is 17.9. The van der Waals surface area contributed by atoms with Crippen molar-refractivity contribution in [3.05, 3.63) is 0 Å². The molecule has 23 heavy (non-hydrogen) atoms. The van der Waals surface area contributed by atoms with Crippen LogP contribution in [0.3, 0.4) is 0 Å². The van der Waals surface area contributed by atoms with E-state index in [1.165, 1.54) is 0 Å². The molecule has 1 atom stereocenters. The molecule has 0 heterocycles. The zero-order valence-electron chi connectivity index (χ0n) is 15.6. The van der Waals surface area contributed by atoms with Gasteiger partial charge in [0, 0.05) is 26.7 Å². The van der Waals surface area contributed by atoms with E-state index in [2.05, 4.69) is 38.3 Å². The molecule has 136 valence electrons. The summed E-state index contributed by atoms with van der Waals surface area (Å²) in [4.78, 5) is 19.0. The standard InChI is InChI=1S/C17H34N4O.HI/c1-7-18-16(20-14(4)13(2)3)19-12-17(10-8-9-11-17)15(22)21(5)6;/h13-14H,7-12H2,1-6H3,(H2,18,19,20);1H. The minimum atomic E-state index is -0.299. The van der Waals surface area contributed by atoms with E-state index < -0.39 is 0 Å². The highest BCUT2D eigenvalue weighted by Gasteiger charge is 2.42. The van der Waals surface area contributed by atoms with E-state index in [0.717, 1.165) is 38.2 Å². The fourth-order valence-electron chi connectivity index (χ4n) is 2.90. The van der Waals surface area contributed by atoms with E-state index in [4.69, 9.17) is 4.99 Å². The first-order chi connectivity index (χ1) is 10.3. The number of nitrogens with zero attached hydrogens (tertiary/aromatic N) is 2. The fourth-order valence-corrected chi connectivity index (χ4v) is 2.90. The molecular weight excluding hydrogens is 403 g/mol. The van der Waals surface area contributed by atoms with E-state index in [9.17, 15) is 4.79 Å². The fraction of sp³-hybridized carbons (Fsp3) is 0.882. The molecule has 0 bridgehead atoms. The predicted octanol–water partition coefficient (Wildman–Crippen LogP) is 2.85. The first-order valence-corrected chi connectivity index (χ1v) is 8.59. The lowest BCUT2D eigenvalue weighted by Crippen LogP contribution is -2.46. The Hall–Kier alpha value is -0.530. The average Bonchev–Trinajstić information content (AvgIpc) is 2.93. The molecule has 1 aliphatic carbocycles. The molecule has 0 aliphatic heterocycles. The quantitative estimate of drug-likeness (QED) is 0.381. The van der Waals surface area contributed by atoms with Crippen molar-refractivity contribution in [2.45, 2.75) is 59.4 Å². The molecule has 1 saturated carbocycles. The Kier molecular flexibility index (Phi) is 10.1. The van der Waals surface area contributed by atoms with Gasteiger partial charge in [-0.15, -0.1) is 24.0 Å². The summed E-state index contributed by atoms with van der Waals surface area (Å²) in [6.07, 6.45) is 4.15. The lowest BCUT2D eigenvalue weighted by Gasteiger charge is -2.29. The largest absolute Gasteiger partial charge is 0.357 e. The molecule has 1 rings (SSSR count). The zero-order chi connectivity index (χ0) is 16.8. The summed E-state index contributed by atoms with van der Waals surface area (Å²) in [5, 5.41) is 6.73. The third-order valence-corrected chi connectivity index (χ3v) is 4.67. The maximum Gasteiger partial charge on any atom is 0.230 e. The molecule has 0 spiro atoms. The van der Waals surface area contributed by atoms with Crippen molar-refractivity contribution in [2.24, 2.45) is 16.3 Å². The Bertz CT molecular complexity index is 390. The van der Waals surface area contributed by atoms with Crippen molar-refractivity contribution in [1.82, 2.24) is 15.5 Å². The summed E-state index contributed by atoms with van der Waals surface area (Å²) in [5.74, 6) is 1.58. The van der Waals surface area contributed by atoms with Gasteiger partial charge in [0.25, 0.3) is 0 Å². The number of halogens is 1. The second kappa shape index (κ2) is 10.4. The number of amides is 1. The van der Waals surface area contributed by atoms with Gasteiger partial charge in [0.1, 0.15) is 0 Å². The van der Waals surface area contributed by atoms with Crippen LogP contribution in [0, 0.1) is 11.3 Å². The van der Waals surface area contributed by atoms with Crippen molar-refractivity contribution in [3.63, 3.8) is 0 Å². The summed E-state index contributed by atoms with van der Waals surface area (Å²) < 4.78 is 0. The lowest BCUT2D eigenvalue weighted by atomic mass is 9.85. The summed E-state index contributed by atoms with van der Waals surface area (Å²) in [6.45, 7) is 10.0. The maximum absolute atomic E-state index is 12.6. The monoisotopic (exact) mass is 438 g/mol. The van der Waals surface area contributed by atoms with Crippen molar-refractivity contribution >= 4 is 35.8 Å². The summed E-state index contributed by atoms with van der Waals surface area (Å²) in [5.41, 5.74) is -0.299. The van der Waals surface area contributed by atoms with Gasteiger partial charge < -0.3 is 15.5 Å². The topological polar surface area (TPSA) is 56.7 Å². The Morgan fingerprint density at radius 2 is 1.78 bits per heavy atom. The van der Waals surface area contributed by atoms with E-state index in [1.807, 2.05) is 14.1 Å². The van der Waals surface area contributed by atoms with Crippen molar-refractivity contribution in [1.29, 1.82) is 0 Å². The highest BCUT2D eigenvalue weighted by Crippen LogP contribution is 2.39. The first-order valence-electron chi connectivity index (χ1n) is 8.59. The van der Waals surface area contributed by atoms with E-state index in [0.29, 0.717) is 18.5 Å². The second-order valence-corrected chi connectivity index (χ2v) is 7.06. The van der Waals surface area contributed by atoms with Crippen LogP contribution in [0.1, 0.15) is 53.4 Å². The Morgan fingerprint density at radius 1 is 1.22 bits per heavy atom. The van der Waals surface area contributed by atoms with Crippen LogP contribution in [0.15, 0.2) is 4.99 Å². The van der Waals surface area contributed by atoms with Crippen LogP contribution >= 0.6 is 24.0 Å². The molecule has 1 unspecified atom stereocenters. The summed E-state index contributed by atoms with van der Waals surface area (Å²) in [6, 6.07) is 0.349. The van der Waals surface area contributed by atoms with Gasteiger partial charge in [-0.3, -0.25) is 9.79 Å². The van der Waals surface area contributed by atoms with Gasteiger partial charge in [-0.2, -0.15) is 0 Å². The van der Waals surface area contributed by atoms with Crippen LogP contribution in [0.2, 0.25) is 0 Å². The van der Waals surface area contributed by atoms with E-state index in [-0.39, 0.29) is 35.3 Å². The molecule has 6 heteroatoms. The number of nitrogens with one attached hydrogen (secondary N) is 2. The van der Waals surface area contributed by atoms with Crippen LogP contribution in [0.4, 0.5) is 0 Å². The van der Waals surface area contributed by atoms with E-state index >= 15 is 0 Å². The van der Waals surface area contributed by atoms with Crippen LogP contribution < -0.4 is 10.6 Å². The van der Waals surface area contributed by atoms with Gasteiger partial charge in [0.2, 0.25) is 5.91 Å². The number of rotatable bonds is 6. The number of carbonyl (C=O) groups is 1. The van der Waals surface area contributed by atoms with Gasteiger partial charge in [-0.1, -0.05) is 26.7 Å². The molecule has 0 aromatic carbocycles. The molecule has 1 aliphatic rings. The third kappa shape index (κ3) is 6.47. The normalized spacial score (nSPS) is 18.3. The third-order valence-electron chi connectivity index (χ3n) is 4.67. The molecule has 0 aromatic rings. The Labute approximate surface area is 159 Å². The van der Waals surface area contributed by atoms with Gasteiger partial charge >= 0.3 is 0 Å². The number of carbonyl (C=O) groups excluding carboxylic acids is 1. The van der Waals surface area contributed by atoms with E-state index in [1.54, 1.807) is 4.90 Å². The van der Waals surface area contributed by atoms with Crippen LogP contribution in [0.25, 0.3) is 0 Å². The number of aliphatic imine (C=N–C) groups is 1. The molecule has 0 aromatic heterocycles. The highest BCUT2D eigenvalue weighted by atomic mass is 127. The highest BCUT2D eigenvalue weighted by molar-refractivity contribution is 14.0. The summed E-state index contributed by atoms with van der Waals surface area (Å²) in [7, 11) is 3.69. The molecule has 1 fully saturated rings. The van der Waals surface area contributed by atoms with Crippen molar-refractivity contribution in [3.8, 4) is 0 Å². The number of guanidine groups is 1. The Balaban J connectivity index is 0.00000484. The predicted molar refractivity (Wildman–Crippen MR) is 108 cm³/mol. The van der Waals surface area contributed by atoms with Crippen LogP contribution in [-0.4, -0.2) is 50.0 Å². The van der Waals surface area contributed by atoms with Gasteiger partial charge in [-0.25, -0.2) is 0 Å². The maximum atomic E-state index is 12.6. The molecule has 0 radical (unpaired) electrons. The van der Waals surface area contributed by atoms with Crippen molar-refractivity contribution < 1.29 is 4.79 Å². The van der Waals surface area contributed by atoms with Gasteiger partial charge in [-0.05, 0) is 32.6 Å². The smallest absolute Gasteiger partial charge is 0.230 e. The first kappa shape index (κ1) is 22.5. The van der Waals surface area contributed by atoms with Crippen LogP contribution in [-0.2, 0) is 4.79 Å². The molecule has 5 nitrogen and oxygen atoms in total. The van der Waals surface area contributed by atoms with Gasteiger partial charge in [0.15, 0.2) is 5.96 Å². The molecule has 2 N–H and O–H groups in total. The second-order valence-electron chi connectivity index (χ2n) is 7.06. The SMILES string of the molecule is CCNC(=NCC1(C(=O)N(C)C)CCCC1)NC(C)C(C)C.I. The molecule has 0 saturated heterocycles. The van der Waals surface area contributed by atoms with Crippen LogP contribution in [0.5, 0.6) is 0 Å². The van der Waals surface area contributed by atoms with Crippen molar-refractivity contribution in [2.75, 3.05) is 27.2 Å². The lowest BCUT2D eigenvalue weighted by molar-refractivity contribution is -0.138. The number of hydrogen-bond acceptors (Lipinski definition) is 2. The minimum Gasteiger partial charge on any atom is -0.357 e. The van der Waals surface area contributed by atoms with Gasteiger partial charge in [0.05, 0.1) is 12.0 Å². The minimum absolute atomic E-state index is 0. The summed E-state index contributed by atoms with van der Waals surface area (Å²) >= 11 is 0.